The molecule has 0 saturated heterocycles. The lowest BCUT2D eigenvalue weighted by Gasteiger charge is -2.07. The highest BCUT2D eigenvalue weighted by Gasteiger charge is 2.09. The van der Waals surface area contributed by atoms with E-state index in [0.717, 1.165) is 0 Å². The van der Waals surface area contributed by atoms with Gasteiger partial charge in [-0.2, -0.15) is 0 Å². The van der Waals surface area contributed by atoms with E-state index in [0.29, 0.717) is 17.7 Å². The van der Waals surface area contributed by atoms with E-state index in [1.807, 2.05) is 0 Å². The topological polar surface area (TPSA) is 93.7 Å². The van der Waals surface area contributed by atoms with E-state index >= 15 is 0 Å². The molecule has 0 spiro atoms. The molecule has 0 aromatic heterocycles. The van der Waals surface area contributed by atoms with Crippen LogP contribution in [-0.4, -0.2) is 38.1 Å². The molecular formula is C13H16N2O5. The van der Waals surface area contributed by atoms with E-state index in [1.165, 1.54) is 31.4 Å². The number of rotatable bonds is 5. The molecule has 1 rings (SSSR count). The maximum atomic E-state index is 11.7. The van der Waals surface area contributed by atoms with Crippen molar-refractivity contribution >= 4 is 17.8 Å². The van der Waals surface area contributed by atoms with Gasteiger partial charge in [-0.15, -0.1) is 0 Å². The Bertz CT molecular complexity index is 484. The van der Waals surface area contributed by atoms with Crippen LogP contribution < -0.4 is 10.9 Å². The average Bonchev–Trinajstić information content (AvgIpc) is 2.49. The molecule has 7 nitrogen and oxygen atoms in total. The van der Waals surface area contributed by atoms with Gasteiger partial charge in [0.15, 0.2) is 0 Å². The number of hydrogen-bond donors (Lipinski definition) is 2. The number of hydrogen-bond acceptors (Lipinski definition) is 5. The summed E-state index contributed by atoms with van der Waals surface area (Å²) in [6.45, 7) is 2.04. The molecule has 0 aliphatic rings. The fourth-order valence-corrected chi connectivity index (χ4v) is 1.31. The highest BCUT2D eigenvalue weighted by atomic mass is 16.5. The quantitative estimate of drug-likeness (QED) is 0.596. The Balaban J connectivity index is 2.51. The fourth-order valence-electron chi connectivity index (χ4n) is 1.31. The largest absolute Gasteiger partial charge is 0.465 e. The average molecular weight is 280 g/mol. The first-order valence-electron chi connectivity index (χ1n) is 5.93. The predicted octanol–water partition coefficient (Wildman–Crippen LogP) is 0.271. The number of methoxy groups -OCH3 is 1. The van der Waals surface area contributed by atoms with Crippen molar-refractivity contribution in [2.24, 2.45) is 0 Å². The van der Waals surface area contributed by atoms with Crippen molar-refractivity contribution in [3.05, 3.63) is 35.4 Å². The zero-order valence-electron chi connectivity index (χ0n) is 11.3. The third kappa shape index (κ3) is 4.69. The van der Waals surface area contributed by atoms with Gasteiger partial charge >= 0.3 is 5.97 Å². The second-order valence-electron chi connectivity index (χ2n) is 3.71. The molecule has 20 heavy (non-hydrogen) atoms. The SMILES string of the molecule is CCOCC(=O)NNC(=O)c1ccc(C(=O)OC)cc1. The van der Waals surface area contributed by atoms with Crippen LogP contribution in [0.3, 0.4) is 0 Å². The van der Waals surface area contributed by atoms with Gasteiger partial charge in [-0.1, -0.05) is 0 Å². The van der Waals surface area contributed by atoms with Gasteiger partial charge in [0, 0.05) is 12.2 Å². The van der Waals surface area contributed by atoms with Crippen LogP contribution in [0.5, 0.6) is 0 Å². The summed E-state index contributed by atoms with van der Waals surface area (Å²) >= 11 is 0. The van der Waals surface area contributed by atoms with E-state index in [9.17, 15) is 14.4 Å². The van der Waals surface area contributed by atoms with E-state index in [1.54, 1.807) is 6.92 Å². The van der Waals surface area contributed by atoms with Gasteiger partial charge in [-0.05, 0) is 31.2 Å². The number of carbonyl (C=O) groups is 3. The summed E-state index contributed by atoms with van der Waals surface area (Å²) in [5.74, 6) is -1.43. The zero-order valence-corrected chi connectivity index (χ0v) is 11.3. The molecule has 0 aliphatic carbocycles. The normalized spacial score (nSPS) is 9.70. The molecule has 0 unspecified atom stereocenters. The molecule has 1 aromatic rings. The molecule has 2 amide bonds. The lowest BCUT2D eigenvalue weighted by molar-refractivity contribution is -0.126. The summed E-state index contributed by atoms with van der Waals surface area (Å²) in [4.78, 5) is 34.1. The minimum atomic E-state index is -0.494. The molecule has 0 radical (unpaired) electrons. The molecule has 0 aliphatic heterocycles. The zero-order chi connectivity index (χ0) is 15.0. The summed E-state index contributed by atoms with van der Waals surface area (Å²) in [7, 11) is 1.27. The summed E-state index contributed by atoms with van der Waals surface area (Å²) in [6.07, 6.45) is 0. The molecule has 0 atom stereocenters. The first kappa shape index (κ1) is 15.6. The molecule has 0 saturated carbocycles. The number of benzene rings is 1. The number of esters is 1. The van der Waals surface area contributed by atoms with Gasteiger partial charge < -0.3 is 9.47 Å². The lowest BCUT2D eigenvalue weighted by Crippen LogP contribution is -2.43. The van der Waals surface area contributed by atoms with Crippen LogP contribution >= 0.6 is 0 Å². The minimum Gasteiger partial charge on any atom is -0.465 e. The number of ether oxygens (including phenoxy) is 2. The lowest BCUT2D eigenvalue weighted by atomic mass is 10.1. The monoisotopic (exact) mass is 280 g/mol. The summed E-state index contributed by atoms with van der Waals surface area (Å²) in [6, 6.07) is 5.83. The van der Waals surface area contributed by atoms with Crippen LogP contribution in [0.4, 0.5) is 0 Å². The maximum Gasteiger partial charge on any atom is 0.337 e. The third-order valence-electron chi connectivity index (χ3n) is 2.32. The van der Waals surface area contributed by atoms with Gasteiger partial charge in [-0.3, -0.25) is 20.4 Å². The third-order valence-corrected chi connectivity index (χ3v) is 2.32. The van der Waals surface area contributed by atoms with Crippen LogP contribution in [0.25, 0.3) is 0 Å². The maximum absolute atomic E-state index is 11.7. The Morgan fingerprint density at radius 2 is 1.65 bits per heavy atom. The van der Waals surface area contributed by atoms with Crippen molar-refractivity contribution < 1.29 is 23.9 Å². The first-order valence-corrected chi connectivity index (χ1v) is 5.93. The van der Waals surface area contributed by atoms with Gasteiger partial charge in [-0.25, -0.2) is 4.79 Å². The van der Waals surface area contributed by atoms with E-state index < -0.39 is 17.8 Å². The molecule has 7 heteroatoms. The summed E-state index contributed by atoms with van der Waals surface area (Å²) in [5, 5.41) is 0. The van der Waals surface area contributed by atoms with Gasteiger partial charge in [0.05, 0.1) is 12.7 Å². The molecule has 0 heterocycles. The van der Waals surface area contributed by atoms with Crippen LogP contribution in [0, 0.1) is 0 Å². The smallest absolute Gasteiger partial charge is 0.337 e. The summed E-state index contributed by atoms with van der Waals surface area (Å²) < 4.78 is 9.42. The van der Waals surface area contributed by atoms with Crippen molar-refractivity contribution in [1.82, 2.24) is 10.9 Å². The Labute approximate surface area is 116 Å². The van der Waals surface area contributed by atoms with Gasteiger partial charge in [0.2, 0.25) is 0 Å². The van der Waals surface area contributed by atoms with E-state index in [2.05, 4.69) is 15.6 Å². The van der Waals surface area contributed by atoms with Crippen molar-refractivity contribution in [2.45, 2.75) is 6.92 Å². The molecule has 0 fully saturated rings. The Morgan fingerprint density at radius 3 is 2.20 bits per heavy atom. The Hall–Kier alpha value is -2.41. The van der Waals surface area contributed by atoms with E-state index in [4.69, 9.17) is 4.74 Å². The standard InChI is InChI=1S/C13H16N2O5/c1-3-20-8-11(16)14-15-12(17)9-4-6-10(7-5-9)13(18)19-2/h4-7H,3,8H2,1-2H3,(H,14,16)(H,15,17). The molecule has 108 valence electrons. The molecule has 0 bridgehead atoms. The van der Waals surface area contributed by atoms with Crippen molar-refractivity contribution in [2.75, 3.05) is 20.3 Å². The van der Waals surface area contributed by atoms with E-state index in [-0.39, 0.29) is 6.61 Å². The Kier molecular flexibility index (Phi) is 6.18. The number of amides is 2. The van der Waals surface area contributed by atoms with Gasteiger partial charge in [0.25, 0.3) is 11.8 Å². The highest BCUT2D eigenvalue weighted by Crippen LogP contribution is 2.05. The van der Waals surface area contributed by atoms with Crippen molar-refractivity contribution in [3.8, 4) is 0 Å². The first-order chi connectivity index (χ1) is 9.58. The van der Waals surface area contributed by atoms with Crippen LogP contribution in [0.1, 0.15) is 27.6 Å². The minimum absolute atomic E-state index is 0.127. The highest BCUT2D eigenvalue weighted by molar-refractivity contribution is 5.97. The molecular weight excluding hydrogens is 264 g/mol. The second kappa shape index (κ2) is 7.90. The van der Waals surface area contributed by atoms with Crippen LogP contribution in [0.2, 0.25) is 0 Å². The summed E-state index contributed by atoms with van der Waals surface area (Å²) in [5.41, 5.74) is 5.08. The molecule has 1 aromatic carbocycles. The Morgan fingerprint density at radius 1 is 1.05 bits per heavy atom. The second-order valence-corrected chi connectivity index (χ2v) is 3.71. The predicted molar refractivity (Wildman–Crippen MR) is 69.9 cm³/mol. The number of nitrogens with one attached hydrogen (secondary N) is 2. The number of carbonyl (C=O) groups excluding carboxylic acids is 3. The van der Waals surface area contributed by atoms with Crippen LogP contribution in [-0.2, 0) is 14.3 Å². The fraction of sp³-hybridized carbons (Fsp3) is 0.308. The number of hydrazine groups is 1. The van der Waals surface area contributed by atoms with Crippen molar-refractivity contribution in [1.29, 1.82) is 0 Å². The van der Waals surface area contributed by atoms with Gasteiger partial charge in [0.1, 0.15) is 6.61 Å². The van der Waals surface area contributed by atoms with Crippen molar-refractivity contribution in [3.63, 3.8) is 0 Å². The van der Waals surface area contributed by atoms with Crippen LogP contribution in [0.15, 0.2) is 24.3 Å². The molecule has 2 N–H and O–H groups in total.